The highest BCUT2D eigenvalue weighted by Gasteiger charge is 2.43. The summed E-state index contributed by atoms with van der Waals surface area (Å²) in [6, 6.07) is 11.7. The molecule has 3 nitrogen and oxygen atoms in total. The number of benzene rings is 1. The lowest BCUT2D eigenvalue weighted by molar-refractivity contribution is 0.0912. The molecule has 1 atom stereocenters. The number of aromatic nitrogens is 1. The first kappa shape index (κ1) is 12.7. The Kier molecular flexibility index (Phi) is 2.78. The number of nitrogens with zero attached hydrogens (tertiary/aromatic N) is 2. The van der Waals surface area contributed by atoms with Crippen LogP contribution >= 0.6 is 0 Å². The Labute approximate surface area is 119 Å². The van der Waals surface area contributed by atoms with Crippen LogP contribution in [0.3, 0.4) is 0 Å². The van der Waals surface area contributed by atoms with Crippen LogP contribution in [0.1, 0.15) is 29.8 Å². The molecule has 1 aromatic heterocycles. The fraction of sp³-hybridized carbons (Fsp3) is 0.235. The Hall–Kier alpha value is -2.29. The molecule has 1 aliphatic rings. The lowest BCUT2D eigenvalue weighted by atomic mass is 9.81. The zero-order chi connectivity index (χ0) is 14.3. The summed E-state index contributed by atoms with van der Waals surface area (Å²) in [4.78, 5) is 12.9. The Morgan fingerprint density at radius 1 is 1.20 bits per heavy atom. The lowest BCUT2D eigenvalue weighted by Crippen LogP contribution is -2.60. The van der Waals surface area contributed by atoms with Crippen molar-refractivity contribution in [3.63, 3.8) is 0 Å². The molecule has 1 amide bonds. The molecule has 2 aromatic rings. The van der Waals surface area contributed by atoms with E-state index in [0.29, 0.717) is 0 Å². The Morgan fingerprint density at radius 2 is 1.85 bits per heavy atom. The van der Waals surface area contributed by atoms with Crippen LogP contribution in [0.2, 0.25) is 0 Å². The largest absolute Gasteiger partial charge is 0.273 e. The van der Waals surface area contributed by atoms with Gasteiger partial charge < -0.3 is 0 Å². The van der Waals surface area contributed by atoms with E-state index in [1.165, 1.54) is 0 Å². The third kappa shape index (κ3) is 1.70. The van der Waals surface area contributed by atoms with E-state index in [0.717, 1.165) is 23.1 Å². The van der Waals surface area contributed by atoms with E-state index in [4.69, 9.17) is 0 Å². The molecule has 1 aromatic carbocycles. The molecule has 0 N–H and O–H groups in total. The molecule has 3 heteroatoms. The number of hydrogen-bond donors (Lipinski definition) is 0. The van der Waals surface area contributed by atoms with E-state index >= 15 is 0 Å². The van der Waals surface area contributed by atoms with Gasteiger partial charge in [-0.15, -0.1) is 0 Å². The second-order valence-electron chi connectivity index (χ2n) is 5.57. The van der Waals surface area contributed by atoms with Gasteiger partial charge in [-0.05, 0) is 37.6 Å². The zero-order valence-corrected chi connectivity index (χ0v) is 11.8. The van der Waals surface area contributed by atoms with Gasteiger partial charge in [-0.1, -0.05) is 30.4 Å². The summed E-state index contributed by atoms with van der Waals surface area (Å²) >= 11 is 0. The maximum atomic E-state index is 12.9. The van der Waals surface area contributed by atoms with Crippen molar-refractivity contribution in [3.05, 3.63) is 72.1 Å². The molecular weight excluding hydrogens is 248 g/mol. The van der Waals surface area contributed by atoms with Crippen molar-refractivity contribution >= 4 is 5.91 Å². The highest BCUT2D eigenvalue weighted by atomic mass is 16.2. The SMILES string of the molecule is C=C(C)[C@]1(C)Cc2ccccc2C(=O)N1n1cccc1. The molecular formula is C17H18N2O. The first-order chi connectivity index (χ1) is 9.54. The molecule has 3 rings (SSSR count). The molecule has 0 fully saturated rings. The van der Waals surface area contributed by atoms with Crippen LogP contribution in [0.5, 0.6) is 0 Å². The van der Waals surface area contributed by atoms with Crippen LogP contribution in [0, 0.1) is 0 Å². The van der Waals surface area contributed by atoms with Gasteiger partial charge in [0.25, 0.3) is 5.91 Å². The van der Waals surface area contributed by atoms with Gasteiger partial charge in [0.1, 0.15) is 0 Å². The van der Waals surface area contributed by atoms with Crippen molar-refractivity contribution in [1.29, 1.82) is 0 Å². The van der Waals surface area contributed by atoms with Gasteiger partial charge in [-0.25, -0.2) is 5.01 Å². The van der Waals surface area contributed by atoms with Crippen LogP contribution in [0.15, 0.2) is 60.9 Å². The summed E-state index contributed by atoms with van der Waals surface area (Å²) in [5.74, 6) is 0.0218. The third-order valence-electron chi connectivity index (χ3n) is 4.18. The number of hydrogen-bond acceptors (Lipinski definition) is 1. The van der Waals surface area contributed by atoms with Gasteiger partial charge in [0, 0.05) is 24.4 Å². The first-order valence-electron chi connectivity index (χ1n) is 6.76. The maximum Gasteiger partial charge on any atom is 0.273 e. The van der Waals surface area contributed by atoms with Crippen molar-refractivity contribution in [1.82, 2.24) is 4.68 Å². The van der Waals surface area contributed by atoms with Crippen molar-refractivity contribution in [3.8, 4) is 0 Å². The molecule has 0 aliphatic carbocycles. The Bertz CT molecular complexity index is 672. The van der Waals surface area contributed by atoms with Gasteiger partial charge in [0.05, 0.1) is 5.54 Å². The van der Waals surface area contributed by atoms with Crippen molar-refractivity contribution in [2.24, 2.45) is 0 Å². The third-order valence-corrected chi connectivity index (χ3v) is 4.18. The van der Waals surface area contributed by atoms with Crippen molar-refractivity contribution in [2.45, 2.75) is 25.8 Å². The molecule has 1 aliphatic heterocycles. The van der Waals surface area contributed by atoms with E-state index in [-0.39, 0.29) is 5.91 Å². The topological polar surface area (TPSA) is 25.2 Å². The summed E-state index contributed by atoms with van der Waals surface area (Å²) < 4.78 is 1.85. The summed E-state index contributed by atoms with van der Waals surface area (Å²) in [5.41, 5.74) is 2.44. The molecule has 102 valence electrons. The Morgan fingerprint density at radius 3 is 2.50 bits per heavy atom. The number of amides is 1. The van der Waals surface area contributed by atoms with Gasteiger partial charge >= 0.3 is 0 Å². The quantitative estimate of drug-likeness (QED) is 0.766. The predicted molar refractivity (Wildman–Crippen MR) is 80.3 cm³/mol. The smallest absolute Gasteiger partial charge is 0.267 e. The Balaban J connectivity index is 2.20. The number of carbonyl (C=O) groups is 1. The summed E-state index contributed by atoms with van der Waals surface area (Å²) in [6.45, 7) is 8.17. The fourth-order valence-electron chi connectivity index (χ4n) is 2.82. The second kappa shape index (κ2) is 4.37. The molecule has 0 unspecified atom stereocenters. The van der Waals surface area contributed by atoms with E-state index in [1.54, 1.807) is 5.01 Å². The normalized spacial score (nSPS) is 21.7. The minimum absolute atomic E-state index is 0.0218. The van der Waals surface area contributed by atoms with E-state index in [9.17, 15) is 4.79 Å². The molecule has 0 radical (unpaired) electrons. The standard InChI is InChI=1S/C17H18N2O/c1-13(2)17(3)12-14-8-4-5-9-15(14)16(20)19(17)18-10-6-7-11-18/h4-11H,1,12H2,2-3H3/t17-/m0/s1. The zero-order valence-electron chi connectivity index (χ0n) is 11.8. The van der Waals surface area contributed by atoms with E-state index < -0.39 is 5.54 Å². The fourth-order valence-corrected chi connectivity index (χ4v) is 2.82. The highest BCUT2D eigenvalue weighted by Crippen LogP contribution is 2.34. The van der Waals surface area contributed by atoms with Crippen LogP contribution in [-0.2, 0) is 6.42 Å². The van der Waals surface area contributed by atoms with Crippen molar-refractivity contribution in [2.75, 3.05) is 5.01 Å². The van der Waals surface area contributed by atoms with Crippen LogP contribution < -0.4 is 5.01 Å². The number of rotatable bonds is 2. The summed E-state index contributed by atoms with van der Waals surface area (Å²) in [6.07, 6.45) is 4.57. The molecule has 0 saturated heterocycles. The van der Waals surface area contributed by atoms with Crippen LogP contribution in [0.25, 0.3) is 0 Å². The maximum absolute atomic E-state index is 12.9. The van der Waals surface area contributed by atoms with Gasteiger partial charge in [-0.3, -0.25) is 9.47 Å². The summed E-state index contributed by atoms with van der Waals surface area (Å²) in [7, 11) is 0. The average Bonchev–Trinajstić information content (AvgIpc) is 2.92. The first-order valence-corrected chi connectivity index (χ1v) is 6.76. The monoisotopic (exact) mass is 266 g/mol. The minimum Gasteiger partial charge on any atom is -0.267 e. The minimum atomic E-state index is -0.412. The average molecular weight is 266 g/mol. The van der Waals surface area contributed by atoms with Gasteiger partial charge in [0.15, 0.2) is 0 Å². The molecule has 2 heterocycles. The predicted octanol–water partition coefficient (Wildman–Crippen LogP) is 3.16. The molecule has 0 bridgehead atoms. The van der Waals surface area contributed by atoms with Crippen LogP contribution in [-0.4, -0.2) is 16.1 Å². The van der Waals surface area contributed by atoms with E-state index in [2.05, 4.69) is 13.5 Å². The molecule has 0 spiro atoms. The van der Waals surface area contributed by atoms with Gasteiger partial charge in [-0.2, -0.15) is 0 Å². The van der Waals surface area contributed by atoms with Crippen molar-refractivity contribution < 1.29 is 4.79 Å². The highest BCUT2D eigenvalue weighted by molar-refractivity contribution is 6.05. The second-order valence-corrected chi connectivity index (χ2v) is 5.57. The summed E-state index contributed by atoms with van der Waals surface area (Å²) in [5, 5.41) is 1.80. The van der Waals surface area contributed by atoms with E-state index in [1.807, 2.05) is 60.4 Å². The lowest BCUT2D eigenvalue weighted by Gasteiger charge is -2.46. The molecule has 0 saturated carbocycles. The van der Waals surface area contributed by atoms with Gasteiger partial charge in [0.2, 0.25) is 0 Å². The number of fused-ring (bicyclic) bond motifs is 1. The van der Waals surface area contributed by atoms with Crippen LogP contribution in [0.4, 0.5) is 0 Å². The molecule has 20 heavy (non-hydrogen) atoms. The number of carbonyl (C=O) groups excluding carboxylic acids is 1.